The van der Waals surface area contributed by atoms with E-state index in [1.807, 2.05) is 52.4 Å². The van der Waals surface area contributed by atoms with Crippen molar-refractivity contribution in [1.29, 1.82) is 0 Å². The van der Waals surface area contributed by atoms with Crippen molar-refractivity contribution >= 4 is 33.8 Å². The van der Waals surface area contributed by atoms with E-state index in [9.17, 15) is 4.79 Å². The fraction of sp³-hybridized carbons (Fsp3) is 0.100. The second-order valence-electron chi connectivity index (χ2n) is 6.04. The van der Waals surface area contributed by atoms with E-state index >= 15 is 0 Å². The number of thiazole rings is 1. The zero-order chi connectivity index (χ0) is 18.1. The third-order valence-electron chi connectivity index (χ3n) is 4.19. The van der Waals surface area contributed by atoms with Crippen LogP contribution in [0.5, 0.6) is 0 Å². The van der Waals surface area contributed by atoms with E-state index in [2.05, 4.69) is 29.4 Å². The van der Waals surface area contributed by atoms with Crippen LogP contribution in [0.2, 0.25) is 5.02 Å². The van der Waals surface area contributed by atoms with Crippen molar-refractivity contribution in [1.82, 2.24) is 14.7 Å². The number of hydrogen-bond acceptors (Lipinski definition) is 3. The first kappa shape index (κ1) is 16.8. The molecule has 4 aromatic rings. The maximum atomic E-state index is 12.6. The SMILES string of the molecule is Cc1ccc(-c2cn3c(C(=O)NCc4ccccc4Cl)csc3n2)cc1. The minimum absolute atomic E-state index is 0.149. The van der Waals surface area contributed by atoms with Crippen molar-refractivity contribution in [3.63, 3.8) is 0 Å². The van der Waals surface area contributed by atoms with Crippen LogP contribution >= 0.6 is 22.9 Å². The smallest absolute Gasteiger partial charge is 0.269 e. The second-order valence-corrected chi connectivity index (χ2v) is 7.28. The average molecular weight is 382 g/mol. The van der Waals surface area contributed by atoms with Crippen molar-refractivity contribution in [2.75, 3.05) is 0 Å². The number of carbonyl (C=O) groups excluding carboxylic acids is 1. The van der Waals surface area contributed by atoms with Gasteiger partial charge in [0.25, 0.3) is 5.91 Å². The van der Waals surface area contributed by atoms with Gasteiger partial charge in [-0.15, -0.1) is 11.3 Å². The summed E-state index contributed by atoms with van der Waals surface area (Å²) in [6.07, 6.45) is 1.90. The van der Waals surface area contributed by atoms with Gasteiger partial charge in [0, 0.05) is 28.7 Å². The molecule has 2 heterocycles. The Labute approximate surface area is 160 Å². The van der Waals surface area contributed by atoms with Crippen LogP contribution < -0.4 is 5.32 Å². The molecule has 0 spiro atoms. The van der Waals surface area contributed by atoms with E-state index in [4.69, 9.17) is 11.6 Å². The van der Waals surface area contributed by atoms with Crippen LogP contribution in [-0.4, -0.2) is 15.3 Å². The van der Waals surface area contributed by atoms with Gasteiger partial charge in [-0.3, -0.25) is 9.20 Å². The van der Waals surface area contributed by atoms with Crippen LogP contribution in [0.25, 0.3) is 16.2 Å². The molecule has 0 fully saturated rings. The summed E-state index contributed by atoms with van der Waals surface area (Å²) in [6, 6.07) is 15.7. The molecule has 0 radical (unpaired) electrons. The van der Waals surface area contributed by atoms with Gasteiger partial charge in [0.05, 0.1) is 5.69 Å². The van der Waals surface area contributed by atoms with Gasteiger partial charge in [-0.2, -0.15) is 0 Å². The Balaban J connectivity index is 1.57. The summed E-state index contributed by atoms with van der Waals surface area (Å²) in [5.41, 5.74) is 4.56. The van der Waals surface area contributed by atoms with Crippen molar-refractivity contribution in [2.45, 2.75) is 13.5 Å². The molecule has 26 heavy (non-hydrogen) atoms. The standard InChI is InChI=1S/C20H16ClN3OS/c1-13-6-8-14(9-7-13)17-11-24-18(12-26-20(24)23-17)19(25)22-10-15-4-2-3-5-16(15)21/h2-9,11-12H,10H2,1H3,(H,22,25). The zero-order valence-electron chi connectivity index (χ0n) is 14.1. The van der Waals surface area contributed by atoms with Crippen LogP contribution in [0.4, 0.5) is 0 Å². The number of aryl methyl sites for hydroxylation is 1. The molecule has 2 aromatic heterocycles. The predicted octanol–water partition coefficient (Wildman–Crippen LogP) is 4.95. The van der Waals surface area contributed by atoms with Crippen LogP contribution in [0.15, 0.2) is 60.1 Å². The number of nitrogens with zero attached hydrogens (tertiary/aromatic N) is 2. The zero-order valence-corrected chi connectivity index (χ0v) is 15.6. The van der Waals surface area contributed by atoms with Crippen molar-refractivity contribution in [2.24, 2.45) is 0 Å². The number of halogens is 1. The Morgan fingerprint density at radius 3 is 2.73 bits per heavy atom. The highest BCUT2D eigenvalue weighted by Crippen LogP contribution is 2.24. The minimum atomic E-state index is -0.149. The molecule has 0 aliphatic carbocycles. The first-order valence-corrected chi connectivity index (χ1v) is 9.43. The molecule has 0 atom stereocenters. The first-order chi connectivity index (χ1) is 12.6. The van der Waals surface area contributed by atoms with Crippen LogP contribution in [0.3, 0.4) is 0 Å². The van der Waals surface area contributed by atoms with Gasteiger partial charge in [-0.05, 0) is 18.6 Å². The molecule has 4 rings (SSSR count). The lowest BCUT2D eigenvalue weighted by Crippen LogP contribution is -2.24. The molecule has 0 saturated carbocycles. The van der Waals surface area contributed by atoms with Gasteiger partial charge in [-0.25, -0.2) is 4.98 Å². The lowest BCUT2D eigenvalue weighted by molar-refractivity contribution is 0.0945. The number of rotatable bonds is 4. The van der Waals surface area contributed by atoms with Gasteiger partial charge < -0.3 is 5.32 Å². The fourth-order valence-corrected chi connectivity index (χ4v) is 3.77. The summed E-state index contributed by atoms with van der Waals surface area (Å²) < 4.78 is 1.84. The molecule has 0 bridgehead atoms. The van der Waals surface area contributed by atoms with Crippen molar-refractivity contribution in [3.8, 4) is 11.3 Å². The predicted molar refractivity (Wildman–Crippen MR) is 106 cm³/mol. The van der Waals surface area contributed by atoms with E-state index in [0.29, 0.717) is 17.3 Å². The third kappa shape index (κ3) is 3.23. The van der Waals surface area contributed by atoms with Gasteiger partial charge in [0.1, 0.15) is 5.69 Å². The summed E-state index contributed by atoms with van der Waals surface area (Å²) in [5, 5.41) is 5.39. The van der Waals surface area contributed by atoms with Crippen molar-refractivity contribution in [3.05, 3.63) is 82.0 Å². The molecule has 4 nitrogen and oxygen atoms in total. The number of amides is 1. The molecular formula is C20H16ClN3OS. The number of fused-ring (bicyclic) bond motifs is 1. The van der Waals surface area contributed by atoms with Crippen LogP contribution in [0.1, 0.15) is 21.6 Å². The highest BCUT2D eigenvalue weighted by molar-refractivity contribution is 7.15. The molecule has 0 saturated heterocycles. The molecule has 6 heteroatoms. The first-order valence-electron chi connectivity index (χ1n) is 8.17. The van der Waals surface area contributed by atoms with Gasteiger partial charge in [0.15, 0.2) is 4.96 Å². The van der Waals surface area contributed by atoms with Gasteiger partial charge in [-0.1, -0.05) is 59.6 Å². The molecule has 0 aliphatic rings. The van der Waals surface area contributed by atoms with Crippen LogP contribution in [-0.2, 0) is 6.54 Å². The number of benzene rings is 2. The molecule has 0 aliphatic heterocycles. The van der Waals surface area contributed by atoms with E-state index in [0.717, 1.165) is 21.8 Å². The van der Waals surface area contributed by atoms with E-state index in [1.54, 1.807) is 0 Å². The monoisotopic (exact) mass is 381 g/mol. The fourth-order valence-electron chi connectivity index (χ4n) is 2.72. The maximum Gasteiger partial charge on any atom is 0.269 e. The van der Waals surface area contributed by atoms with E-state index < -0.39 is 0 Å². The molecular weight excluding hydrogens is 366 g/mol. The second kappa shape index (κ2) is 6.94. The summed E-state index contributed by atoms with van der Waals surface area (Å²) in [7, 11) is 0. The highest BCUT2D eigenvalue weighted by Gasteiger charge is 2.15. The van der Waals surface area contributed by atoms with Gasteiger partial charge >= 0.3 is 0 Å². The largest absolute Gasteiger partial charge is 0.347 e. The molecule has 2 aromatic carbocycles. The van der Waals surface area contributed by atoms with E-state index in [1.165, 1.54) is 16.9 Å². The number of carbonyl (C=O) groups is 1. The normalized spacial score (nSPS) is 11.0. The summed E-state index contributed by atoms with van der Waals surface area (Å²) >= 11 is 7.60. The Morgan fingerprint density at radius 2 is 1.96 bits per heavy atom. The van der Waals surface area contributed by atoms with Crippen molar-refractivity contribution < 1.29 is 4.79 Å². The molecule has 1 N–H and O–H groups in total. The lowest BCUT2D eigenvalue weighted by Gasteiger charge is -2.06. The van der Waals surface area contributed by atoms with E-state index in [-0.39, 0.29) is 5.91 Å². The Morgan fingerprint density at radius 1 is 1.19 bits per heavy atom. The Bertz CT molecular complexity index is 1080. The summed E-state index contributed by atoms with van der Waals surface area (Å²) in [6.45, 7) is 2.44. The van der Waals surface area contributed by atoms with Gasteiger partial charge in [0.2, 0.25) is 0 Å². The topological polar surface area (TPSA) is 46.4 Å². The number of hydrogen-bond donors (Lipinski definition) is 1. The Kier molecular flexibility index (Phi) is 4.49. The lowest BCUT2D eigenvalue weighted by atomic mass is 10.1. The average Bonchev–Trinajstić information content (AvgIpc) is 3.22. The van der Waals surface area contributed by atoms with Crippen LogP contribution in [0, 0.1) is 6.92 Å². The number of imidazole rings is 1. The quantitative estimate of drug-likeness (QED) is 0.543. The maximum absolute atomic E-state index is 12.6. The minimum Gasteiger partial charge on any atom is -0.347 e. The highest BCUT2D eigenvalue weighted by atomic mass is 35.5. The molecule has 1 amide bonds. The molecule has 130 valence electrons. The third-order valence-corrected chi connectivity index (χ3v) is 5.39. The summed E-state index contributed by atoms with van der Waals surface area (Å²) in [5.74, 6) is -0.149. The number of aromatic nitrogens is 2. The Hall–Kier alpha value is -2.63. The molecule has 0 unspecified atom stereocenters. The number of nitrogens with one attached hydrogen (secondary N) is 1. The summed E-state index contributed by atoms with van der Waals surface area (Å²) in [4.78, 5) is 18.0.